The van der Waals surface area contributed by atoms with Crippen molar-refractivity contribution < 1.29 is 0 Å². The molecule has 0 aromatic carbocycles. The van der Waals surface area contributed by atoms with Crippen molar-refractivity contribution in [3.8, 4) is 0 Å². The molecule has 0 saturated carbocycles. The van der Waals surface area contributed by atoms with Crippen LogP contribution in [0.5, 0.6) is 0 Å². The Morgan fingerprint density at radius 1 is 1.55 bits per heavy atom. The zero-order valence-corrected chi connectivity index (χ0v) is 7.72. The van der Waals surface area contributed by atoms with E-state index in [0.717, 1.165) is 13.0 Å². The van der Waals surface area contributed by atoms with E-state index in [1.165, 1.54) is 6.42 Å². The number of nitrogens with two attached hydrogens (primary N) is 1. The van der Waals surface area contributed by atoms with Crippen molar-refractivity contribution in [1.29, 1.82) is 0 Å². The van der Waals surface area contributed by atoms with Gasteiger partial charge in [0.05, 0.1) is 0 Å². The molecule has 0 aromatic heterocycles. The molecule has 0 amide bonds. The largest absolute Gasteiger partial charge is 0.370 e. The standard InChI is InChI=1S/C8H19N3/c1-4-6-7(3)11-8(9)10-5-2/h7H,4-6H2,1-3H3,(H3,9,10,11). The van der Waals surface area contributed by atoms with Gasteiger partial charge in [-0.3, -0.25) is 4.99 Å². The second-order valence-corrected chi connectivity index (χ2v) is 2.69. The van der Waals surface area contributed by atoms with Gasteiger partial charge in [-0.25, -0.2) is 0 Å². The van der Waals surface area contributed by atoms with Gasteiger partial charge in [-0.15, -0.1) is 0 Å². The number of rotatable bonds is 4. The van der Waals surface area contributed by atoms with Gasteiger partial charge in [-0.1, -0.05) is 13.3 Å². The van der Waals surface area contributed by atoms with E-state index in [2.05, 4.69) is 24.2 Å². The summed E-state index contributed by atoms with van der Waals surface area (Å²) in [5.41, 5.74) is 5.55. The fourth-order valence-corrected chi connectivity index (χ4v) is 0.974. The van der Waals surface area contributed by atoms with E-state index in [-0.39, 0.29) is 0 Å². The third-order valence-corrected chi connectivity index (χ3v) is 1.44. The Balaban J connectivity index is 3.56. The van der Waals surface area contributed by atoms with Crippen molar-refractivity contribution in [3.63, 3.8) is 0 Å². The lowest BCUT2D eigenvalue weighted by atomic mass is 10.2. The van der Waals surface area contributed by atoms with Crippen LogP contribution in [0.15, 0.2) is 4.99 Å². The highest BCUT2D eigenvalue weighted by molar-refractivity contribution is 5.78. The summed E-state index contributed by atoms with van der Waals surface area (Å²) in [5.74, 6) is 0.563. The zero-order valence-electron chi connectivity index (χ0n) is 7.72. The lowest BCUT2D eigenvalue weighted by molar-refractivity contribution is 0.593. The molecule has 0 radical (unpaired) electrons. The lowest BCUT2D eigenvalue weighted by Crippen LogP contribution is -2.38. The van der Waals surface area contributed by atoms with Gasteiger partial charge in [-0.2, -0.15) is 0 Å². The molecule has 0 saturated heterocycles. The van der Waals surface area contributed by atoms with Crippen LogP contribution in [0.4, 0.5) is 0 Å². The summed E-state index contributed by atoms with van der Waals surface area (Å²) in [6.07, 6.45) is 2.31. The Morgan fingerprint density at radius 3 is 2.64 bits per heavy atom. The molecule has 0 fully saturated rings. The first-order chi connectivity index (χ1) is 5.20. The molecule has 0 aliphatic rings. The van der Waals surface area contributed by atoms with Gasteiger partial charge >= 0.3 is 0 Å². The Kier molecular flexibility index (Phi) is 5.61. The van der Waals surface area contributed by atoms with Gasteiger partial charge in [0.15, 0.2) is 5.96 Å². The van der Waals surface area contributed by atoms with Gasteiger partial charge in [0, 0.05) is 12.6 Å². The normalized spacial score (nSPS) is 14.6. The van der Waals surface area contributed by atoms with Crippen LogP contribution in [-0.4, -0.2) is 18.5 Å². The molecule has 0 spiro atoms. The number of hydrogen-bond donors (Lipinski definition) is 2. The number of nitrogens with one attached hydrogen (secondary N) is 1. The Hall–Kier alpha value is -0.730. The predicted molar refractivity (Wildman–Crippen MR) is 49.7 cm³/mol. The number of guanidine groups is 1. The Labute approximate surface area is 69.1 Å². The molecule has 66 valence electrons. The van der Waals surface area contributed by atoms with E-state index >= 15 is 0 Å². The highest BCUT2D eigenvalue weighted by atomic mass is 15.1. The van der Waals surface area contributed by atoms with Crippen molar-refractivity contribution in [1.82, 2.24) is 5.32 Å². The maximum atomic E-state index is 5.55. The highest BCUT2D eigenvalue weighted by Gasteiger charge is 1.99. The minimum absolute atomic E-state index is 0.440. The maximum Gasteiger partial charge on any atom is 0.188 e. The maximum absolute atomic E-state index is 5.55. The van der Waals surface area contributed by atoms with Crippen LogP contribution in [0, 0.1) is 0 Å². The van der Waals surface area contributed by atoms with Crippen molar-refractivity contribution in [3.05, 3.63) is 0 Å². The molecule has 0 heterocycles. The van der Waals surface area contributed by atoms with Gasteiger partial charge < -0.3 is 11.1 Å². The van der Waals surface area contributed by atoms with Crippen LogP contribution in [0.2, 0.25) is 0 Å². The second-order valence-electron chi connectivity index (χ2n) is 2.69. The third kappa shape index (κ3) is 5.70. The van der Waals surface area contributed by atoms with E-state index in [4.69, 9.17) is 5.73 Å². The van der Waals surface area contributed by atoms with Crippen LogP contribution in [-0.2, 0) is 0 Å². The van der Waals surface area contributed by atoms with E-state index < -0.39 is 0 Å². The molecule has 1 unspecified atom stereocenters. The van der Waals surface area contributed by atoms with Gasteiger partial charge in [0.25, 0.3) is 0 Å². The monoisotopic (exact) mass is 157 g/mol. The molecule has 3 N–H and O–H groups in total. The SMILES string of the molecule is CCCC(C)NC(N)=NCC. The zero-order chi connectivity index (χ0) is 8.69. The first kappa shape index (κ1) is 10.3. The van der Waals surface area contributed by atoms with E-state index in [1.54, 1.807) is 0 Å². The van der Waals surface area contributed by atoms with Crippen LogP contribution < -0.4 is 11.1 Å². The molecule has 0 aromatic rings. The van der Waals surface area contributed by atoms with E-state index in [9.17, 15) is 0 Å². The van der Waals surface area contributed by atoms with Crippen LogP contribution in [0.3, 0.4) is 0 Å². The van der Waals surface area contributed by atoms with Gasteiger partial charge in [0.2, 0.25) is 0 Å². The first-order valence-electron chi connectivity index (χ1n) is 4.27. The predicted octanol–water partition coefficient (Wildman–Crippen LogP) is 1.10. The van der Waals surface area contributed by atoms with Gasteiger partial charge in [-0.05, 0) is 20.3 Å². The average Bonchev–Trinajstić information content (AvgIpc) is 1.87. The van der Waals surface area contributed by atoms with Crippen LogP contribution in [0.1, 0.15) is 33.6 Å². The van der Waals surface area contributed by atoms with Crippen molar-refractivity contribution >= 4 is 5.96 Å². The molecule has 3 heteroatoms. The molecule has 1 atom stereocenters. The summed E-state index contributed by atoms with van der Waals surface area (Å²) in [4.78, 5) is 4.03. The fraction of sp³-hybridized carbons (Fsp3) is 0.875. The smallest absolute Gasteiger partial charge is 0.188 e. The number of nitrogens with zero attached hydrogens (tertiary/aromatic N) is 1. The fourth-order valence-electron chi connectivity index (χ4n) is 0.974. The summed E-state index contributed by atoms with van der Waals surface area (Å²) in [6, 6.07) is 0.440. The van der Waals surface area contributed by atoms with Crippen molar-refractivity contribution in [2.45, 2.75) is 39.7 Å². The number of hydrogen-bond acceptors (Lipinski definition) is 1. The molecule has 0 aliphatic heterocycles. The van der Waals surface area contributed by atoms with E-state index in [1.807, 2.05) is 6.92 Å². The molecule has 0 rings (SSSR count). The topological polar surface area (TPSA) is 50.4 Å². The summed E-state index contributed by atoms with van der Waals surface area (Å²) in [6.45, 7) is 6.99. The molecular formula is C8H19N3. The quantitative estimate of drug-likeness (QED) is 0.474. The molecule has 0 bridgehead atoms. The highest BCUT2D eigenvalue weighted by Crippen LogP contribution is 1.93. The summed E-state index contributed by atoms with van der Waals surface area (Å²) in [7, 11) is 0. The third-order valence-electron chi connectivity index (χ3n) is 1.44. The lowest BCUT2D eigenvalue weighted by Gasteiger charge is -2.12. The molecule has 0 aliphatic carbocycles. The van der Waals surface area contributed by atoms with Crippen molar-refractivity contribution in [2.24, 2.45) is 10.7 Å². The number of aliphatic imine (C=N–C) groups is 1. The minimum Gasteiger partial charge on any atom is -0.370 e. The summed E-state index contributed by atoms with van der Waals surface area (Å²) < 4.78 is 0. The Bertz CT molecular complexity index is 121. The van der Waals surface area contributed by atoms with Gasteiger partial charge in [0.1, 0.15) is 0 Å². The second kappa shape index (κ2) is 6.01. The minimum atomic E-state index is 0.440. The Morgan fingerprint density at radius 2 is 2.18 bits per heavy atom. The first-order valence-corrected chi connectivity index (χ1v) is 4.27. The van der Waals surface area contributed by atoms with Crippen molar-refractivity contribution in [2.75, 3.05) is 6.54 Å². The summed E-state index contributed by atoms with van der Waals surface area (Å²) in [5, 5.41) is 3.11. The van der Waals surface area contributed by atoms with Crippen LogP contribution in [0.25, 0.3) is 0 Å². The molecule has 11 heavy (non-hydrogen) atoms. The average molecular weight is 157 g/mol. The van der Waals surface area contributed by atoms with Crippen LogP contribution >= 0.6 is 0 Å². The van der Waals surface area contributed by atoms with E-state index in [0.29, 0.717) is 12.0 Å². The molecule has 3 nitrogen and oxygen atoms in total. The molecular weight excluding hydrogens is 138 g/mol. The summed E-state index contributed by atoms with van der Waals surface area (Å²) >= 11 is 0.